The van der Waals surface area contributed by atoms with E-state index in [0.717, 1.165) is 25.9 Å². The molecule has 1 N–H and O–H groups in total. The van der Waals surface area contributed by atoms with Gasteiger partial charge in [-0.05, 0) is 44.2 Å². The van der Waals surface area contributed by atoms with Crippen molar-refractivity contribution in [1.29, 1.82) is 0 Å². The van der Waals surface area contributed by atoms with Crippen molar-refractivity contribution in [2.45, 2.75) is 25.3 Å². The number of likely N-dealkylation sites (tertiary alicyclic amines) is 1. The highest BCUT2D eigenvalue weighted by molar-refractivity contribution is 5.76. The molecule has 1 amide bonds. The van der Waals surface area contributed by atoms with Crippen LogP contribution >= 0.6 is 0 Å². The Morgan fingerprint density at radius 1 is 1.45 bits per heavy atom. The molecule has 20 heavy (non-hydrogen) atoms. The van der Waals surface area contributed by atoms with Gasteiger partial charge < -0.3 is 15.0 Å². The molecule has 1 aromatic rings. The van der Waals surface area contributed by atoms with Crippen LogP contribution in [0.4, 0.5) is 4.39 Å². The summed E-state index contributed by atoms with van der Waals surface area (Å²) in [5.74, 6) is 0.415. The maximum absolute atomic E-state index is 12.7. The second kappa shape index (κ2) is 7.24. The largest absolute Gasteiger partial charge is 0.493 e. The zero-order valence-corrected chi connectivity index (χ0v) is 11.8. The van der Waals surface area contributed by atoms with E-state index in [-0.39, 0.29) is 11.7 Å². The van der Waals surface area contributed by atoms with Crippen molar-refractivity contribution in [3.63, 3.8) is 0 Å². The van der Waals surface area contributed by atoms with Gasteiger partial charge >= 0.3 is 0 Å². The number of hydrogen-bond acceptors (Lipinski definition) is 3. The summed E-state index contributed by atoms with van der Waals surface area (Å²) in [6.07, 6.45) is 2.51. The molecule has 4 nitrogen and oxygen atoms in total. The molecule has 1 fully saturated rings. The molecule has 1 heterocycles. The molecule has 1 atom stereocenters. The van der Waals surface area contributed by atoms with Crippen LogP contribution in [-0.4, -0.2) is 43.6 Å². The molecule has 0 aliphatic carbocycles. The lowest BCUT2D eigenvalue weighted by molar-refractivity contribution is -0.133. The van der Waals surface area contributed by atoms with Gasteiger partial charge in [0.1, 0.15) is 11.6 Å². The third kappa shape index (κ3) is 4.20. The van der Waals surface area contributed by atoms with Crippen molar-refractivity contribution in [3.8, 4) is 5.75 Å². The van der Waals surface area contributed by atoms with Crippen LogP contribution in [0.2, 0.25) is 0 Å². The maximum Gasteiger partial charge on any atom is 0.226 e. The molecular formula is C15H21FN2O2. The molecule has 0 aromatic heterocycles. The van der Waals surface area contributed by atoms with Crippen LogP contribution in [0, 0.1) is 5.82 Å². The SMILES string of the molecule is CN[C@H]1CCCN(C(=O)CCOc2ccc(F)cc2)C1. The van der Waals surface area contributed by atoms with Gasteiger partial charge in [0.2, 0.25) is 5.91 Å². The molecule has 0 saturated carbocycles. The van der Waals surface area contributed by atoms with Crippen LogP contribution in [-0.2, 0) is 4.79 Å². The van der Waals surface area contributed by atoms with E-state index in [2.05, 4.69) is 5.32 Å². The Kier molecular flexibility index (Phi) is 5.35. The van der Waals surface area contributed by atoms with E-state index < -0.39 is 0 Å². The number of carbonyl (C=O) groups is 1. The highest BCUT2D eigenvalue weighted by atomic mass is 19.1. The standard InChI is InChI=1S/C15H21FN2O2/c1-17-13-3-2-9-18(11-13)15(19)8-10-20-14-6-4-12(16)5-7-14/h4-7,13,17H,2-3,8-11H2,1H3/t13-/m0/s1. The summed E-state index contributed by atoms with van der Waals surface area (Å²) in [5, 5.41) is 3.22. The molecule has 1 aliphatic heterocycles. The van der Waals surface area contributed by atoms with Crippen molar-refractivity contribution >= 4 is 5.91 Å². The van der Waals surface area contributed by atoms with Gasteiger partial charge in [-0.1, -0.05) is 0 Å². The van der Waals surface area contributed by atoms with Crippen molar-refractivity contribution in [1.82, 2.24) is 10.2 Å². The summed E-state index contributed by atoms with van der Waals surface area (Å²) in [4.78, 5) is 13.9. The Morgan fingerprint density at radius 3 is 2.90 bits per heavy atom. The predicted octanol–water partition coefficient (Wildman–Crippen LogP) is 1.80. The van der Waals surface area contributed by atoms with Gasteiger partial charge in [-0.2, -0.15) is 0 Å². The van der Waals surface area contributed by atoms with Gasteiger partial charge in [-0.15, -0.1) is 0 Å². The van der Waals surface area contributed by atoms with Crippen LogP contribution < -0.4 is 10.1 Å². The van der Waals surface area contributed by atoms with Gasteiger partial charge in [0.25, 0.3) is 0 Å². The van der Waals surface area contributed by atoms with Gasteiger partial charge in [0.05, 0.1) is 13.0 Å². The number of nitrogens with zero attached hydrogens (tertiary/aromatic N) is 1. The van der Waals surface area contributed by atoms with E-state index in [1.165, 1.54) is 12.1 Å². The fraction of sp³-hybridized carbons (Fsp3) is 0.533. The lowest BCUT2D eigenvalue weighted by atomic mass is 10.1. The number of rotatable bonds is 5. The van der Waals surface area contributed by atoms with Crippen molar-refractivity contribution < 1.29 is 13.9 Å². The quantitative estimate of drug-likeness (QED) is 0.894. The number of halogens is 1. The van der Waals surface area contributed by atoms with E-state index in [1.54, 1.807) is 12.1 Å². The number of nitrogens with one attached hydrogen (secondary N) is 1. The number of hydrogen-bond donors (Lipinski definition) is 1. The minimum Gasteiger partial charge on any atom is -0.493 e. The fourth-order valence-corrected chi connectivity index (χ4v) is 2.38. The molecule has 110 valence electrons. The summed E-state index contributed by atoms with van der Waals surface area (Å²) < 4.78 is 18.2. The van der Waals surface area contributed by atoms with Crippen molar-refractivity contribution in [2.24, 2.45) is 0 Å². The predicted molar refractivity (Wildman–Crippen MR) is 75.2 cm³/mol. The monoisotopic (exact) mass is 280 g/mol. The maximum atomic E-state index is 12.7. The Labute approximate surface area is 118 Å². The number of ether oxygens (including phenoxy) is 1. The Bertz CT molecular complexity index is 436. The summed E-state index contributed by atoms with van der Waals surface area (Å²) in [6.45, 7) is 1.92. The molecular weight excluding hydrogens is 259 g/mol. The van der Waals surface area contributed by atoms with E-state index in [0.29, 0.717) is 24.8 Å². The van der Waals surface area contributed by atoms with Crippen LogP contribution in [0.5, 0.6) is 5.75 Å². The molecule has 1 aliphatic rings. The molecule has 0 unspecified atom stereocenters. The average molecular weight is 280 g/mol. The van der Waals surface area contributed by atoms with E-state index >= 15 is 0 Å². The first-order valence-electron chi connectivity index (χ1n) is 7.02. The zero-order chi connectivity index (χ0) is 14.4. The summed E-state index contributed by atoms with van der Waals surface area (Å²) in [7, 11) is 1.93. The molecule has 5 heteroatoms. The molecule has 0 bridgehead atoms. The van der Waals surface area contributed by atoms with Crippen LogP contribution in [0.3, 0.4) is 0 Å². The van der Waals surface area contributed by atoms with Crippen LogP contribution in [0.1, 0.15) is 19.3 Å². The summed E-state index contributed by atoms with van der Waals surface area (Å²) in [6, 6.07) is 6.22. The average Bonchev–Trinajstić information content (AvgIpc) is 2.49. The van der Waals surface area contributed by atoms with Crippen LogP contribution in [0.25, 0.3) is 0 Å². The number of carbonyl (C=O) groups excluding carboxylic acids is 1. The smallest absolute Gasteiger partial charge is 0.226 e. The van der Waals surface area contributed by atoms with E-state index in [9.17, 15) is 9.18 Å². The van der Waals surface area contributed by atoms with Crippen molar-refractivity contribution in [2.75, 3.05) is 26.7 Å². The zero-order valence-electron chi connectivity index (χ0n) is 11.8. The number of likely N-dealkylation sites (N-methyl/N-ethyl adjacent to an activating group) is 1. The summed E-state index contributed by atoms with van der Waals surface area (Å²) >= 11 is 0. The first-order chi connectivity index (χ1) is 9.69. The topological polar surface area (TPSA) is 41.6 Å². The van der Waals surface area contributed by atoms with Gasteiger partial charge in [0, 0.05) is 19.1 Å². The Morgan fingerprint density at radius 2 is 2.20 bits per heavy atom. The van der Waals surface area contributed by atoms with Gasteiger partial charge in [-0.3, -0.25) is 4.79 Å². The molecule has 0 spiro atoms. The first kappa shape index (κ1) is 14.8. The second-order valence-corrected chi connectivity index (χ2v) is 5.02. The highest BCUT2D eigenvalue weighted by Gasteiger charge is 2.22. The summed E-state index contributed by atoms with van der Waals surface area (Å²) in [5.41, 5.74) is 0. The molecule has 1 aromatic carbocycles. The van der Waals surface area contributed by atoms with E-state index in [1.807, 2.05) is 11.9 Å². The third-order valence-corrected chi connectivity index (χ3v) is 3.58. The fourth-order valence-electron chi connectivity index (χ4n) is 2.38. The second-order valence-electron chi connectivity index (χ2n) is 5.02. The molecule has 2 rings (SSSR count). The van der Waals surface area contributed by atoms with Gasteiger partial charge in [0.15, 0.2) is 0 Å². The third-order valence-electron chi connectivity index (χ3n) is 3.58. The van der Waals surface area contributed by atoms with Crippen molar-refractivity contribution in [3.05, 3.63) is 30.1 Å². The lowest BCUT2D eigenvalue weighted by Crippen LogP contribution is -2.47. The Hall–Kier alpha value is -1.62. The van der Waals surface area contributed by atoms with Crippen LogP contribution in [0.15, 0.2) is 24.3 Å². The molecule has 1 saturated heterocycles. The highest BCUT2D eigenvalue weighted by Crippen LogP contribution is 2.13. The normalized spacial score (nSPS) is 18.9. The minimum atomic E-state index is -0.292. The number of benzene rings is 1. The Balaban J connectivity index is 1.73. The van der Waals surface area contributed by atoms with Gasteiger partial charge in [-0.25, -0.2) is 4.39 Å². The first-order valence-corrected chi connectivity index (χ1v) is 7.02. The number of piperidine rings is 1. The van der Waals surface area contributed by atoms with E-state index in [4.69, 9.17) is 4.74 Å². The molecule has 0 radical (unpaired) electrons. The minimum absolute atomic E-state index is 0.118. The lowest BCUT2D eigenvalue weighted by Gasteiger charge is -2.32. The number of amides is 1.